The lowest BCUT2D eigenvalue weighted by Gasteiger charge is -2.37. The highest BCUT2D eigenvalue weighted by atomic mass is 79.9. The molecule has 2 atom stereocenters. The van der Waals surface area contributed by atoms with Gasteiger partial charge in [0.05, 0.1) is 0 Å². The molecule has 1 aromatic carbocycles. The average molecular weight is 343 g/mol. The lowest BCUT2D eigenvalue weighted by atomic mass is 9.99. The van der Waals surface area contributed by atoms with E-state index in [9.17, 15) is 4.79 Å². The molecule has 2 saturated heterocycles. The summed E-state index contributed by atoms with van der Waals surface area (Å²) in [4.78, 5) is 14.9. The van der Waals surface area contributed by atoms with Gasteiger partial charge in [-0.05, 0) is 56.4 Å². The van der Waals surface area contributed by atoms with Crippen LogP contribution < -0.4 is 0 Å². The number of benzene rings is 1. The smallest absolute Gasteiger partial charge is 0.254 e. The van der Waals surface area contributed by atoms with E-state index in [4.69, 9.17) is 11.6 Å². The molecule has 19 heavy (non-hydrogen) atoms. The molecule has 2 fully saturated rings. The van der Waals surface area contributed by atoms with E-state index >= 15 is 0 Å². The zero-order chi connectivity index (χ0) is 13.6. The van der Waals surface area contributed by atoms with Crippen molar-refractivity contribution in [2.45, 2.75) is 50.1 Å². The third-order valence-electron chi connectivity index (χ3n) is 4.33. The Labute approximate surface area is 127 Å². The number of hydrogen-bond acceptors (Lipinski definition) is 1. The molecule has 0 aliphatic carbocycles. The number of fused-ring (bicyclic) bond motifs is 2. The Morgan fingerprint density at radius 2 is 1.95 bits per heavy atom. The molecule has 0 spiro atoms. The zero-order valence-corrected chi connectivity index (χ0v) is 13.2. The minimum absolute atomic E-state index is 0.182. The third kappa shape index (κ3) is 2.43. The van der Waals surface area contributed by atoms with Gasteiger partial charge in [-0.25, -0.2) is 0 Å². The number of alkyl halides is 1. The SMILES string of the molecule is Cc1cc(Br)ccc1C(=O)N1C2CCC1CC(Cl)C2. The first-order chi connectivity index (χ1) is 9.06. The van der Waals surface area contributed by atoms with Crippen molar-refractivity contribution < 1.29 is 4.79 Å². The van der Waals surface area contributed by atoms with Gasteiger partial charge in [-0.2, -0.15) is 0 Å². The average Bonchev–Trinajstić information content (AvgIpc) is 2.61. The number of piperidine rings is 1. The molecule has 102 valence electrons. The summed E-state index contributed by atoms with van der Waals surface area (Å²) >= 11 is 9.71. The third-order valence-corrected chi connectivity index (χ3v) is 5.18. The minimum atomic E-state index is 0.182. The lowest BCUT2D eigenvalue weighted by molar-refractivity contribution is 0.0599. The second kappa shape index (κ2) is 5.10. The molecule has 0 N–H and O–H groups in total. The summed E-state index contributed by atoms with van der Waals surface area (Å²) in [5.74, 6) is 0.182. The Kier molecular flexibility index (Phi) is 3.61. The quantitative estimate of drug-likeness (QED) is 0.703. The summed E-state index contributed by atoms with van der Waals surface area (Å²) in [6, 6.07) is 6.56. The molecule has 3 rings (SSSR count). The number of amides is 1. The molecule has 4 heteroatoms. The normalized spacial score (nSPS) is 29.6. The van der Waals surface area contributed by atoms with Gasteiger partial charge < -0.3 is 4.90 Å². The highest BCUT2D eigenvalue weighted by molar-refractivity contribution is 9.10. The number of rotatable bonds is 1. The maximum atomic E-state index is 12.8. The Morgan fingerprint density at radius 1 is 1.32 bits per heavy atom. The van der Waals surface area contributed by atoms with Crippen molar-refractivity contribution in [3.05, 3.63) is 33.8 Å². The van der Waals surface area contributed by atoms with Crippen LogP contribution in [0.1, 0.15) is 41.6 Å². The monoisotopic (exact) mass is 341 g/mol. The van der Waals surface area contributed by atoms with Gasteiger partial charge in [-0.1, -0.05) is 15.9 Å². The van der Waals surface area contributed by atoms with Gasteiger partial charge in [0.1, 0.15) is 0 Å². The molecule has 2 bridgehead atoms. The van der Waals surface area contributed by atoms with Gasteiger partial charge in [0, 0.05) is 27.5 Å². The standard InChI is InChI=1S/C15H17BrClNO/c1-9-6-10(16)2-5-14(9)15(19)18-12-3-4-13(18)8-11(17)7-12/h2,5-6,11-13H,3-4,7-8H2,1H3. The number of carbonyl (C=O) groups excluding carboxylic acids is 1. The van der Waals surface area contributed by atoms with Crippen molar-refractivity contribution in [3.8, 4) is 0 Å². The van der Waals surface area contributed by atoms with E-state index < -0.39 is 0 Å². The van der Waals surface area contributed by atoms with Crippen LogP contribution in [0, 0.1) is 6.92 Å². The number of hydrogen-bond donors (Lipinski definition) is 0. The van der Waals surface area contributed by atoms with Crippen LogP contribution in [0.2, 0.25) is 0 Å². The fourth-order valence-electron chi connectivity index (χ4n) is 3.45. The molecule has 0 radical (unpaired) electrons. The first-order valence-corrected chi connectivity index (χ1v) is 8.02. The van der Waals surface area contributed by atoms with Gasteiger partial charge in [0.2, 0.25) is 0 Å². The molecular formula is C15H17BrClNO. The Balaban J connectivity index is 1.88. The highest BCUT2D eigenvalue weighted by Gasteiger charge is 2.43. The molecular weight excluding hydrogens is 326 g/mol. The number of nitrogens with zero attached hydrogens (tertiary/aromatic N) is 1. The van der Waals surface area contributed by atoms with E-state index in [1.807, 2.05) is 25.1 Å². The molecule has 1 aromatic rings. The number of carbonyl (C=O) groups is 1. The van der Waals surface area contributed by atoms with Crippen molar-refractivity contribution >= 4 is 33.4 Å². The van der Waals surface area contributed by atoms with E-state index in [0.29, 0.717) is 12.1 Å². The second-order valence-corrected chi connectivity index (χ2v) is 7.16. The molecule has 0 saturated carbocycles. The van der Waals surface area contributed by atoms with Gasteiger partial charge in [0.15, 0.2) is 0 Å². The van der Waals surface area contributed by atoms with Gasteiger partial charge in [-0.3, -0.25) is 4.79 Å². The molecule has 2 aliphatic rings. The summed E-state index contributed by atoms with van der Waals surface area (Å²) < 4.78 is 1.02. The van der Waals surface area contributed by atoms with Crippen molar-refractivity contribution in [3.63, 3.8) is 0 Å². The zero-order valence-electron chi connectivity index (χ0n) is 10.9. The molecule has 1 amide bonds. The first-order valence-electron chi connectivity index (χ1n) is 6.79. The lowest BCUT2D eigenvalue weighted by Crippen LogP contribution is -2.47. The van der Waals surface area contributed by atoms with Crippen LogP contribution in [0.4, 0.5) is 0 Å². The molecule has 0 aromatic heterocycles. The minimum Gasteiger partial charge on any atom is -0.333 e. The van der Waals surface area contributed by atoms with E-state index in [0.717, 1.165) is 41.3 Å². The summed E-state index contributed by atoms with van der Waals surface area (Å²) in [6.45, 7) is 1.99. The Morgan fingerprint density at radius 3 is 2.53 bits per heavy atom. The van der Waals surface area contributed by atoms with Crippen molar-refractivity contribution in [2.24, 2.45) is 0 Å². The predicted octanol–water partition coefficient (Wildman–Crippen LogP) is 4.13. The van der Waals surface area contributed by atoms with E-state index in [1.165, 1.54) is 0 Å². The summed E-state index contributed by atoms with van der Waals surface area (Å²) in [6.07, 6.45) is 4.10. The van der Waals surface area contributed by atoms with Crippen molar-refractivity contribution in [2.75, 3.05) is 0 Å². The second-order valence-electron chi connectivity index (χ2n) is 5.63. The number of aryl methyl sites for hydroxylation is 1. The highest BCUT2D eigenvalue weighted by Crippen LogP contribution is 2.39. The molecule has 2 unspecified atom stereocenters. The van der Waals surface area contributed by atoms with Crippen molar-refractivity contribution in [1.29, 1.82) is 0 Å². The van der Waals surface area contributed by atoms with Crippen LogP contribution in [-0.4, -0.2) is 28.3 Å². The molecule has 2 nitrogen and oxygen atoms in total. The van der Waals surface area contributed by atoms with Gasteiger partial charge >= 0.3 is 0 Å². The largest absolute Gasteiger partial charge is 0.333 e. The molecule has 2 heterocycles. The maximum Gasteiger partial charge on any atom is 0.254 e. The predicted molar refractivity (Wildman–Crippen MR) is 80.7 cm³/mol. The first kappa shape index (κ1) is 13.4. The summed E-state index contributed by atoms with van der Waals surface area (Å²) in [5.41, 5.74) is 1.86. The molecule has 2 aliphatic heterocycles. The van der Waals surface area contributed by atoms with Gasteiger partial charge in [-0.15, -0.1) is 11.6 Å². The van der Waals surface area contributed by atoms with Crippen LogP contribution in [-0.2, 0) is 0 Å². The van der Waals surface area contributed by atoms with Crippen LogP contribution >= 0.6 is 27.5 Å². The Hall–Kier alpha value is -0.540. The van der Waals surface area contributed by atoms with Crippen LogP contribution in [0.15, 0.2) is 22.7 Å². The fourth-order valence-corrected chi connectivity index (χ4v) is 4.34. The summed E-state index contributed by atoms with van der Waals surface area (Å²) in [7, 11) is 0. The van der Waals surface area contributed by atoms with Crippen molar-refractivity contribution in [1.82, 2.24) is 4.90 Å². The number of halogens is 2. The van der Waals surface area contributed by atoms with E-state index in [-0.39, 0.29) is 11.3 Å². The topological polar surface area (TPSA) is 20.3 Å². The maximum absolute atomic E-state index is 12.8. The van der Waals surface area contributed by atoms with Crippen LogP contribution in [0.25, 0.3) is 0 Å². The Bertz CT molecular complexity index is 505. The van der Waals surface area contributed by atoms with Gasteiger partial charge in [0.25, 0.3) is 5.91 Å². The summed E-state index contributed by atoms with van der Waals surface area (Å²) in [5, 5.41) is 0.243. The van der Waals surface area contributed by atoms with Crippen LogP contribution in [0.3, 0.4) is 0 Å². The van der Waals surface area contributed by atoms with E-state index in [2.05, 4.69) is 20.8 Å². The van der Waals surface area contributed by atoms with Crippen LogP contribution in [0.5, 0.6) is 0 Å². The van der Waals surface area contributed by atoms with E-state index in [1.54, 1.807) is 0 Å². The fraction of sp³-hybridized carbons (Fsp3) is 0.533.